The van der Waals surface area contributed by atoms with Crippen LogP contribution in [0.15, 0.2) is 48.5 Å². The van der Waals surface area contributed by atoms with Crippen molar-refractivity contribution in [2.45, 2.75) is 38.7 Å². The topological polar surface area (TPSA) is 3.24 Å². The van der Waals surface area contributed by atoms with Crippen LogP contribution in [0.5, 0.6) is 0 Å². The predicted molar refractivity (Wildman–Crippen MR) is 92.3 cm³/mol. The number of fused-ring (bicyclic) bond motifs is 3. The van der Waals surface area contributed by atoms with Crippen LogP contribution in [0.25, 0.3) is 0 Å². The lowest BCUT2D eigenvalue weighted by Gasteiger charge is -2.37. The van der Waals surface area contributed by atoms with Crippen LogP contribution in [-0.4, -0.2) is 18.0 Å². The van der Waals surface area contributed by atoms with Crippen molar-refractivity contribution in [2.75, 3.05) is 13.1 Å². The van der Waals surface area contributed by atoms with Gasteiger partial charge in [-0.05, 0) is 34.9 Å². The molecule has 0 radical (unpaired) electrons. The van der Waals surface area contributed by atoms with Crippen LogP contribution in [0.3, 0.4) is 0 Å². The van der Waals surface area contributed by atoms with Crippen molar-refractivity contribution in [3.8, 4) is 0 Å². The van der Waals surface area contributed by atoms with Gasteiger partial charge in [-0.1, -0.05) is 55.5 Å². The summed E-state index contributed by atoms with van der Waals surface area (Å²) in [5.41, 5.74) is 3.84. The molecule has 0 spiro atoms. The van der Waals surface area contributed by atoms with Crippen molar-refractivity contribution in [2.24, 2.45) is 5.41 Å². The minimum absolute atomic E-state index is 0.197. The second-order valence-electron chi connectivity index (χ2n) is 7.58. The summed E-state index contributed by atoms with van der Waals surface area (Å²) in [5, 5.41) is 0. The largest absolute Gasteiger partial charge is 0.298 e. The maximum Gasteiger partial charge on any atom is 0.264 e. The van der Waals surface area contributed by atoms with Gasteiger partial charge in [0.05, 0.1) is 0 Å². The number of alkyl halides is 2. The second kappa shape index (κ2) is 5.96. The second-order valence-corrected chi connectivity index (χ2v) is 7.58. The van der Waals surface area contributed by atoms with E-state index >= 15 is 0 Å². The molecular weight excluding hydrogens is 304 g/mol. The lowest BCUT2D eigenvalue weighted by molar-refractivity contribution is 0.148. The van der Waals surface area contributed by atoms with Crippen molar-refractivity contribution >= 4 is 0 Å². The van der Waals surface area contributed by atoms with Crippen molar-refractivity contribution in [1.82, 2.24) is 4.90 Å². The fourth-order valence-electron chi connectivity index (χ4n) is 4.71. The van der Waals surface area contributed by atoms with Crippen molar-refractivity contribution in [3.05, 3.63) is 70.8 Å². The third-order valence-electron chi connectivity index (χ3n) is 5.92. The zero-order valence-electron chi connectivity index (χ0n) is 14.0. The summed E-state index contributed by atoms with van der Waals surface area (Å²) in [6, 6.07) is 16.0. The van der Waals surface area contributed by atoms with Crippen LogP contribution in [0.4, 0.5) is 8.78 Å². The Hall–Kier alpha value is -1.74. The van der Waals surface area contributed by atoms with E-state index in [1.807, 2.05) is 12.1 Å². The highest BCUT2D eigenvalue weighted by molar-refractivity contribution is 5.42. The molecule has 2 aromatic carbocycles. The molecule has 126 valence electrons. The van der Waals surface area contributed by atoms with Crippen LogP contribution < -0.4 is 0 Å². The maximum atomic E-state index is 13.3. The van der Waals surface area contributed by atoms with E-state index in [9.17, 15) is 8.78 Å². The van der Waals surface area contributed by atoms with Gasteiger partial charge >= 0.3 is 0 Å². The molecule has 1 aliphatic carbocycles. The molecule has 3 heteroatoms. The number of hydrogen-bond acceptors (Lipinski definition) is 1. The van der Waals surface area contributed by atoms with Crippen molar-refractivity contribution in [3.63, 3.8) is 0 Å². The Morgan fingerprint density at radius 2 is 1.92 bits per heavy atom. The highest BCUT2D eigenvalue weighted by atomic mass is 19.3. The van der Waals surface area contributed by atoms with Gasteiger partial charge in [0.15, 0.2) is 0 Å². The van der Waals surface area contributed by atoms with Gasteiger partial charge < -0.3 is 0 Å². The molecular formula is C21H23F2N. The van der Waals surface area contributed by atoms with Gasteiger partial charge in [-0.15, -0.1) is 0 Å². The summed E-state index contributed by atoms with van der Waals surface area (Å²) in [4.78, 5) is 2.49. The van der Waals surface area contributed by atoms with Crippen LogP contribution in [0, 0.1) is 5.41 Å². The Balaban J connectivity index is 1.62. The van der Waals surface area contributed by atoms with Crippen LogP contribution in [-0.2, 0) is 13.0 Å². The summed E-state index contributed by atoms with van der Waals surface area (Å²) >= 11 is 0. The van der Waals surface area contributed by atoms with Crippen molar-refractivity contribution < 1.29 is 8.78 Å². The molecule has 1 nitrogen and oxygen atoms in total. The fraction of sp³-hybridized carbons (Fsp3) is 0.429. The van der Waals surface area contributed by atoms with Gasteiger partial charge in [0.25, 0.3) is 6.43 Å². The highest BCUT2D eigenvalue weighted by Crippen LogP contribution is 2.51. The first-order valence-electron chi connectivity index (χ1n) is 8.73. The summed E-state index contributed by atoms with van der Waals surface area (Å²) in [6.07, 6.45) is -0.590. The van der Waals surface area contributed by atoms with E-state index in [1.54, 1.807) is 6.07 Å². The van der Waals surface area contributed by atoms with E-state index in [1.165, 1.54) is 5.56 Å². The Bertz CT molecular complexity index is 728. The van der Waals surface area contributed by atoms with E-state index in [0.29, 0.717) is 5.92 Å². The van der Waals surface area contributed by atoms with E-state index in [4.69, 9.17) is 0 Å². The first-order valence-corrected chi connectivity index (χ1v) is 8.73. The third kappa shape index (κ3) is 2.65. The van der Waals surface area contributed by atoms with E-state index in [-0.39, 0.29) is 11.0 Å². The smallest absolute Gasteiger partial charge is 0.264 e. The normalized spacial score (nSPS) is 26.4. The monoisotopic (exact) mass is 327 g/mol. The molecule has 0 unspecified atom stereocenters. The molecule has 2 aliphatic rings. The zero-order chi connectivity index (χ0) is 16.7. The molecule has 1 fully saturated rings. The first-order chi connectivity index (χ1) is 11.6. The minimum atomic E-state index is -2.37. The number of likely N-dealkylation sites (tertiary alicyclic amines) is 1. The van der Waals surface area contributed by atoms with Gasteiger partial charge in [0.1, 0.15) is 0 Å². The molecule has 24 heavy (non-hydrogen) atoms. The Labute approximate surface area is 142 Å². The number of benzene rings is 2. The summed E-state index contributed by atoms with van der Waals surface area (Å²) in [5.74, 6) is 0.365. The molecule has 1 saturated heterocycles. The minimum Gasteiger partial charge on any atom is -0.298 e. The maximum absolute atomic E-state index is 13.3. The molecule has 1 aliphatic heterocycles. The highest BCUT2D eigenvalue weighted by Gasteiger charge is 2.46. The summed E-state index contributed by atoms with van der Waals surface area (Å²) in [6.45, 7) is 5.29. The van der Waals surface area contributed by atoms with Gasteiger partial charge in [0.2, 0.25) is 0 Å². The zero-order valence-corrected chi connectivity index (χ0v) is 14.0. The van der Waals surface area contributed by atoms with Gasteiger partial charge in [-0.3, -0.25) is 4.90 Å². The molecule has 0 bridgehead atoms. The molecule has 0 saturated carbocycles. The number of halogens is 2. The van der Waals surface area contributed by atoms with Gasteiger partial charge in [-0.2, -0.15) is 0 Å². The number of nitrogens with zero attached hydrogens (tertiary/aromatic N) is 1. The predicted octanol–water partition coefficient (Wildman–Crippen LogP) is 5.18. The van der Waals surface area contributed by atoms with Crippen molar-refractivity contribution in [1.29, 1.82) is 0 Å². The lowest BCUT2D eigenvalue weighted by Crippen LogP contribution is -2.31. The number of hydrogen-bond donors (Lipinski definition) is 0. The van der Waals surface area contributed by atoms with Crippen LogP contribution >= 0.6 is 0 Å². The Kier molecular flexibility index (Phi) is 3.92. The molecule has 2 aromatic rings. The van der Waals surface area contributed by atoms with E-state index < -0.39 is 6.43 Å². The van der Waals surface area contributed by atoms with E-state index in [0.717, 1.165) is 43.6 Å². The Morgan fingerprint density at radius 1 is 1.12 bits per heavy atom. The van der Waals surface area contributed by atoms with Gasteiger partial charge in [-0.25, -0.2) is 8.78 Å². The SMILES string of the molecule is C[C@@]12CCc3c(C(F)F)cccc3[C@@H]1CN(Cc1ccccc1)C2. The average molecular weight is 327 g/mol. The van der Waals surface area contributed by atoms with Gasteiger partial charge in [0, 0.05) is 31.1 Å². The third-order valence-corrected chi connectivity index (χ3v) is 5.92. The molecule has 0 amide bonds. The first kappa shape index (κ1) is 15.8. The van der Waals surface area contributed by atoms with E-state index in [2.05, 4.69) is 42.2 Å². The Morgan fingerprint density at radius 3 is 2.67 bits per heavy atom. The average Bonchev–Trinajstić information content (AvgIpc) is 2.91. The quantitative estimate of drug-likeness (QED) is 0.751. The van der Waals surface area contributed by atoms with Crippen LogP contribution in [0.2, 0.25) is 0 Å². The lowest BCUT2D eigenvalue weighted by atomic mass is 9.66. The summed E-state index contributed by atoms with van der Waals surface area (Å²) < 4.78 is 26.7. The molecule has 1 heterocycles. The molecule has 0 N–H and O–H groups in total. The molecule has 0 aromatic heterocycles. The standard InChI is InChI=1S/C21H23F2N/c1-21-11-10-16-17(8-5-9-18(16)20(22)23)19(21)13-24(14-21)12-15-6-3-2-4-7-15/h2-9,19-20H,10-14H2,1H3/t19-,21-/m0/s1. The van der Waals surface area contributed by atoms with Crippen LogP contribution in [0.1, 0.15) is 47.9 Å². The fourth-order valence-corrected chi connectivity index (χ4v) is 4.71. The summed E-state index contributed by atoms with van der Waals surface area (Å²) in [7, 11) is 0. The molecule has 4 rings (SSSR count). The molecule has 2 atom stereocenters. The number of rotatable bonds is 3.